The van der Waals surface area contributed by atoms with Crippen LogP contribution in [0.4, 0.5) is 5.69 Å². The van der Waals surface area contributed by atoms with Crippen molar-refractivity contribution in [2.75, 3.05) is 18.9 Å². The number of imidazole rings is 1. The Kier molecular flexibility index (Phi) is 2.52. The van der Waals surface area contributed by atoms with Crippen LogP contribution in [0.1, 0.15) is 43.5 Å². The molecule has 1 aromatic carbocycles. The average Bonchev–Trinajstić information content (AvgIpc) is 3.21. The third kappa shape index (κ3) is 1.91. The Morgan fingerprint density at radius 1 is 1.16 bits per heavy atom. The highest BCUT2D eigenvalue weighted by Gasteiger charge is 2.32. The molecule has 2 aromatic rings. The van der Waals surface area contributed by atoms with Crippen molar-refractivity contribution < 1.29 is 4.74 Å². The maximum atomic E-state index is 5.88. The number of nitrogen functional groups attached to an aromatic ring is 1. The lowest BCUT2D eigenvalue weighted by molar-refractivity contribution is 0.0698. The Bertz CT molecular complexity index is 609. The molecule has 1 aromatic heterocycles. The van der Waals surface area contributed by atoms with Gasteiger partial charge in [0.1, 0.15) is 5.82 Å². The molecule has 4 heteroatoms. The molecule has 19 heavy (non-hydrogen) atoms. The summed E-state index contributed by atoms with van der Waals surface area (Å²) in [5, 5.41) is 0. The van der Waals surface area contributed by atoms with Crippen molar-refractivity contribution in [1.82, 2.24) is 9.55 Å². The van der Waals surface area contributed by atoms with E-state index in [0.717, 1.165) is 37.3 Å². The fourth-order valence-corrected chi connectivity index (χ4v) is 3.09. The maximum Gasteiger partial charge on any atom is 0.113 e. The van der Waals surface area contributed by atoms with Crippen LogP contribution in [0.15, 0.2) is 18.2 Å². The summed E-state index contributed by atoms with van der Waals surface area (Å²) in [7, 11) is 0. The summed E-state index contributed by atoms with van der Waals surface area (Å²) in [4.78, 5) is 4.85. The molecule has 4 nitrogen and oxygen atoms in total. The molecule has 4 rings (SSSR count). The molecule has 100 valence electrons. The number of ether oxygens (including phenoxy) is 1. The molecule has 2 aliphatic rings. The predicted molar refractivity (Wildman–Crippen MR) is 75.2 cm³/mol. The van der Waals surface area contributed by atoms with Gasteiger partial charge in [0.15, 0.2) is 0 Å². The standard InChI is InChI=1S/C15H19N3O/c16-11-3-4-14-13(9-11)17-15(10-1-2-10)18(14)12-5-7-19-8-6-12/h3-4,9-10,12H,1-2,5-8,16H2. The minimum atomic E-state index is 0.540. The summed E-state index contributed by atoms with van der Waals surface area (Å²) < 4.78 is 7.96. The van der Waals surface area contributed by atoms with E-state index in [1.54, 1.807) is 0 Å². The number of nitrogens with two attached hydrogens (primary N) is 1. The minimum Gasteiger partial charge on any atom is -0.399 e. The first kappa shape index (κ1) is 11.3. The van der Waals surface area contributed by atoms with Crippen molar-refractivity contribution in [3.05, 3.63) is 24.0 Å². The second kappa shape index (κ2) is 4.23. The quantitative estimate of drug-likeness (QED) is 0.842. The van der Waals surface area contributed by atoms with Gasteiger partial charge < -0.3 is 15.0 Å². The second-order valence-electron chi connectivity index (χ2n) is 5.71. The highest BCUT2D eigenvalue weighted by atomic mass is 16.5. The number of aromatic nitrogens is 2. The van der Waals surface area contributed by atoms with Crippen molar-refractivity contribution in [2.24, 2.45) is 0 Å². The van der Waals surface area contributed by atoms with Gasteiger partial charge in [0.2, 0.25) is 0 Å². The smallest absolute Gasteiger partial charge is 0.113 e. The summed E-state index contributed by atoms with van der Waals surface area (Å²) in [5.74, 6) is 1.93. The van der Waals surface area contributed by atoms with Gasteiger partial charge in [-0.25, -0.2) is 4.98 Å². The largest absolute Gasteiger partial charge is 0.399 e. The van der Waals surface area contributed by atoms with Crippen LogP contribution in [-0.4, -0.2) is 22.8 Å². The molecule has 1 aliphatic heterocycles. The first-order valence-corrected chi connectivity index (χ1v) is 7.18. The Morgan fingerprint density at radius 2 is 1.95 bits per heavy atom. The third-order valence-electron chi connectivity index (χ3n) is 4.24. The first-order valence-electron chi connectivity index (χ1n) is 7.18. The molecule has 0 radical (unpaired) electrons. The molecule has 0 amide bonds. The van der Waals surface area contributed by atoms with Gasteiger partial charge in [0.05, 0.1) is 11.0 Å². The summed E-state index contributed by atoms with van der Waals surface area (Å²) >= 11 is 0. The Morgan fingerprint density at radius 3 is 2.68 bits per heavy atom. The molecule has 2 heterocycles. The first-order chi connectivity index (χ1) is 9.33. The zero-order valence-corrected chi connectivity index (χ0v) is 11.0. The van der Waals surface area contributed by atoms with Crippen LogP contribution in [0.3, 0.4) is 0 Å². The van der Waals surface area contributed by atoms with Crippen molar-refractivity contribution in [2.45, 2.75) is 37.6 Å². The Hall–Kier alpha value is -1.55. The molecule has 0 spiro atoms. The van der Waals surface area contributed by atoms with E-state index in [1.807, 2.05) is 12.1 Å². The third-order valence-corrected chi connectivity index (χ3v) is 4.24. The summed E-state index contributed by atoms with van der Waals surface area (Å²) in [5.41, 5.74) is 8.97. The van der Waals surface area contributed by atoms with E-state index in [2.05, 4.69) is 10.6 Å². The minimum absolute atomic E-state index is 0.540. The number of hydrogen-bond acceptors (Lipinski definition) is 3. The molecule has 0 atom stereocenters. The lowest BCUT2D eigenvalue weighted by atomic mass is 10.1. The molecule has 1 aliphatic carbocycles. The van der Waals surface area contributed by atoms with Crippen molar-refractivity contribution in [3.63, 3.8) is 0 Å². The zero-order chi connectivity index (χ0) is 12.8. The van der Waals surface area contributed by atoms with E-state index >= 15 is 0 Å². The maximum absolute atomic E-state index is 5.88. The van der Waals surface area contributed by atoms with Gasteiger partial charge in [0.25, 0.3) is 0 Å². The number of fused-ring (bicyclic) bond motifs is 1. The van der Waals surface area contributed by atoms with Crippen LogP contribution in [0.25, 0.3) is 11.0 Å². The van der Waals surface area contributed by atoms with Crippen LogP contribution >= 0.6 is 0 Å². The molecular weight excluding hydrogens is 238 g/mol. The van der Waals surface area contributed by atoms with Crippen LogP contribution in [0.5, 0.6) is 0 Å². The van der Waals surface area contributed by atoms with Gasteiger partial charge in [-0.3, -0.25) is 0 Å². The van der Waals surface area contributed by atoms with E-state index < -0.39 is 0 Å². The lowest BCUT2D eigenvalue weighted by Gasteiger charge is -2.25. The Balaban J connectivity index is 1.87. The van der Waals surface area contributed by atoms with E-state index in [0.29, 0.717) is 12.0 Å². The molecule has 0 unspecified atom stereocenters. The highest BCUT2D eigenvalue weighted by molar-refractivity contribution is 5.80. The van der Waals surface area contributed by atoms with Crippen molar-refractivity contribution in [1.29, 1.82) is 0 Å². The van der Waals surface area contributed by atoms with E-state index in [9.17, 15) is 0 Å². The van der Waals surface area contributed by atoms with E-state index in [4.69, 9.17) is 15.5 Å². The van der Waals surface area contributed by atoms with Crippen LogP contribution in [-0.2, 0) is 4.74 Å². The lowest BCUT2D eigenvalue weighted by Crippen LogP contribution is -2.21. The number of hydrogen-bond donors (Lipinski definition) is 1. The number of rotatable bonds is 2. The number of benzene rings is 1. The summed E-state index contributed by atoms with van der Waals surface area (Å²) in [6.07, 6.45) is 4.75. The highest BCUT2D eigenvalue weighted by Crippen LogP contribution is 2.43. The van der Waals surface area contributed by atoms with Crippen molar-refractivity contribution in [3.8, 4) is 0 Å². The fourth-order valence-electron chi connectivity index (χ4n) is 3.09. The second-order valence-corrected chi connectivity index (χ2v) is 5.71. The van der Waals surface area contributed by atoms with Gasteiger partial charge in [-0.05, 0) is 43.9 Å². The zero-order valence-electron chi connectivity index (χ0n) is 11.0. The molecule has 2 fully saturated rings. The molecule has 1 saturated carbocycles. The normalized spacial score (nSPS) is 21.1. The predicted octanol–water partition coefficient (Wildman–Crippen LogP) is 2.85. The molecular formula is C15H19N3O. The van der Waals surface area contributed by atoms with Gasteiger partial charge in [-0.1, -0.05) is 0 Å². The van der Waals surface area contributed by atoms with Gasteiger partial charge in [-0.2, -0.15) is 0 Å². The van der Waals surface area contributed by atoms with Gasteiger partial charge >= 0.3 is 0 Å². The monoisotopic (exact) mass is 257 g/mol. The van der Waals surface area contributed by atoms with Crippen molar-refractivity contribution >= 4 is 16.7 Å². The van der Waals surface area contributed by atoms with E-state index in [1.165, 1.54) is 24.2 Å². The van der Waals surface area contributed by atoms with Gasteiger partial charge in [0, 0.05) is 30.9 Å². The fraction of sp³-hybridized carbons (Fsp3) is 0.533. The molecule has 2 N–H and O–H groups in total. The van der Waals surface area contributed by atoms with E-state index in [-0.39, 0.29) is 0 Å². The summed E-state index contributed by atoms with van der Waals surface area (Å²) in [6, 6.07) is 6.64. The van der Waals surface area contributed by atoms with Crippen LogP contribution in [0.2, 0.25) is 0 Å². The topological polar surface area (TPSA) is 53.1 Å². The Labute approximate surface area is 112 Å². The SMILES string of the molecule is Nc1ccc2c(c1)nc(C1CC1)n2C1CCOCC1. The van der Waals surface area contributed by atoms with Gasteiger partial charge in [-0.15, -0.1) is 0 Å². The number of anilines is 1. The number of nitrogens with zero attached hydrogens (tertiary/aromatic N) is 2. The average molecular weight is 257 g/mol. The molecule has 1 saturated heterocycles. The van der Waals surface area contributed by atoms with Crippen LogP contribution < -0.4 is 5.73 Å². The van der Waals surface area contributed by atoms with Crippen LogP contribution in [0, 0.1) is 0 Å². The molecule has 0 bridgehead atoms. The summed E-state index contributed by atoms with van der Waals surface area (Å²) in [6.45, 7) is 1.73.